The van der Waals surface area contributed by atoms with Crippen molar-refractivity contribution in [2.24, 2.45) is 11.8 Å². The molecule has 49 heavy (non-hydrogen) atoms. The molecule has 0 radical (unpaired) electrons. The van der Waals surface area contributed by atoms with Crippen molar-refractivity contribution in [3.63, 3.8) is 0 Å². The highest BCUT2D eigenvalue weighted by Crippen LogP contribution is 2.31. The highest BCUT2D eigenvalue weighted by molar-refractivity contribution is 5.76. The second-order valence-electron chi connectivity index (χ2n) is 12.1. The number of rotatable bonds is 8. The number of ether oxygens (including phenoxy) is 2. The highest BCUT2D eigenvalue weighted by atomic mass is 19.4. The third kappa shape index (κ3) is 10.5. The van der Waals surface area contributed by atoms with Crippen LogP contribution in [0.4, 0.5) is 38.2 Å². The first kappa shape index (κ1) is 37.8. The SMILES string of the molecule is CO[C@H](C(=O)O[C@H](C)C1CCN(c2ncc(C(F)(F)F)cn2)CC1)c1ccccc1.C[C@@H](O)C1CCN(c2ncc(C(F)(F)F)cn2)CC1. The Morgan fingerprint density at radius 1 is 0.755 bits per heavy atom. The molecular weight excluding hydrogens is 658 g/mol. The predicted molar refractivity (Wildman–Crippen MR) is 167 cm³/mol. The molecule has 2 fully saturated rings. The molecular formula is C33H40F6N6O4. The van der Waals surface area contributed by atoms with Crippen LogP contribution in [0.1, 0.15) is 62.3 Å². The quantitative estimate of drug-likeness (QED) is 0.218. The number of benzene rings is 1. The number of anilines is 2. The number of halogens is 6. The van der Waals surface area contributed by atoms with E-state index in [-0.39, 0.29) is 30.0 Å². The maximum atomic E-state index is 12.7. The van der Waals surface area contributed by atoms with Gasteiger partial charge in [-0.2, -0.15) is 26.3 Å². The van der Waals surface area contributed by atoms with E-state index in [9.17, 15) is 36.2 Å². The van der Waals surface area contributed by atoms with Gasteiger partial charge in [0.25, 0.3) is 0 Å². The first-order valence-corrected chi connectivity index (χ1v) is 15.9. The lowest BCUT2D eigenvalue weighted by atomic mass is 9.92. The number of piperidine rings is 2. The van der Waals surface area contributed by atoms with Crippen LogP contribution < -0.4 is 9.80 Å². The second kappa shape index (κ2) is 16.6. The summed E-state index contributed by atoms with van der Waals surface area (Å²) in [5.41, 5.74) is -0.977. The zero-order chi connectivity index (χ0) is 35.8. The van der Waals surface area contributed by atoms with Crippen molar-refractivity contribution in [3.05, 3.63) is 71.8 Å². The molecule has 3 aromatic rings. The van der Waals surface area contributed by atoms with Crippen LogP contribution >= 0.6 is 0 Å². The fraction of sp³-hybridized carbons (Fsp3) is 0.545. The number of esters is 1. The summed E-state index contributed by atoms with van der Waals surface area (Å²) in [7, 11) is 1.46. The van der Waals surface area contributed by atoms with Crippen molar-refractivity contribution in [1.82, 2.24) is 19.9 Å². The number of aliphatic hydroxyl groups is 1. The highest BCUT2D eigenvalue weighted by Gasteiger charge is 2.34. The van der Waals surface area contributed by atoms with Gasteiger partial charge in [-0.1, -0.05) is 30.3 Å². The molecule has 10 nitrogen and oxygen atoms in total. The lowest BCUT2D eigenvalue weighted by Crippen LogP contribution is -2.39. The van der Waals surface area contributed by atoms with Crippen LogP contribution in [0.3, 0.4) is 0 Å². The standard InChI is InChI=1S/C21H24F3N3O3.C12H16F3N3O/c1-14(30-19(28)18(29-2)16-6-4-3-5-7-16)15-8-10-27(11-9-15)20-25-12-17(13-26-20)21(22,23)24;1-8(19)9-2-4-18(5-3-9)11-16-6-10(7-17-11)12(13,14)15/h3-7,12-15,18H,8-11H2,1-2H3;6-9,19H,2-5H2,1H3/t14-,18+;8-/m11/s1. The van der Waals surface area contributed by atoms with E-state index in [0.29, 0.717) is 45.0 Å². The van der Waals surface area contributed by atoms with Gasteiger partial charge < -0.3 is 24.4 Å². The number of carbonyl (C=O) groups is 1. The molecule has 2 aromatic heterocycles. The first-order valence-electron chi connectivity index (χ1n) is 15.9. The molecule has 3 atom stereocenters. The van der Waals surface area contributed by atoms with E-state index >= 15 is 0 Å². The van der Waals surface area contributed by atoms with Gasteiger partial charge in [0.05, 0.1) is 17.2 Å². The molecule has 0 saturated carbocycles. The van der Waals surface area contributed by atoms with E-state index in [4.69, 9.17) is 9.47 Å². The Kier molecular flexibility index (Phi) is 12.8. The molecule has 0 bridgehead atoms. The van der Waals surface area contributed by atoms with Crippen molar-refractivity contribution in [2.45, 2.75) is 70.2 Å². The zero-order valence-corrected chi connectivity index (χ0v) is 27.4. The van der Waals surface area contributed by atoms with E-state index in [0.717, 1.165) is 43.2 Å². The van der Waals surface area contributed by atoms with Crippen molar-refractivity contribution >= 4 is 17.9 Å². The van der Waals surface area contributed by atoms with E-state index < -0.39 is 35.6 Å². The average molecular weight is 699 g/mol. The Hall–Kier alpha value is -4.05. The molecule has 5 rings (SSSR count). The molecule has 0 unspecified atom stereocenters. The van der Waals surface area contributed by atoms with E-state index in [1.165, 1.54) is 7.11 Å². The monoisotopic (exact) mass is 698 g/mol. The molecule has 268 valence electrons. The number of hydrogen-bond donors (Lipinski definition) is 1. The minimum absolute atomic E-state index is 0.132. The van der Waals surface area contributed by atoms with Crippen molar-refractivity contribution in [3.8, 4) is 0 Å². The summed E-state index contributed by atoms with van der Waals surface area (Å²) in [5.74, 6) is 0.523. The summed E-state index contributed by atoms with van der Waals surface area (Å²) < 4.78 is 86.1. The van der Waals surface area contributed by atoms with Gasteiger partial charge in [-0.05, 0) is 56.9 Å². The van der Waals surface area contributed by atoms with E-state index in [2.05, 4.69) is 19.9 Å². The first-order chi connectivity index (χ1) is 23.2. The third-order valence-electron chi connectivity index (χ3n) is 8.78. The van der Waals surface area contributed by atoms with Crippen LogP contribution in [-0.4, -0.2) is 76.5 Å². The topological polar surface area (TPSA) is 114 Å². The molecule has 2 saturated heterocycles. The number of aromatic nitrogens is 4. The number of alkyl halides is 6. The Labute approximate surface area is 280 Å². The lowest BCUT2D eigenvalue weighted by Gasteiger charge is -2.34. The van der Waals surface area contributed by atoms with Gasteiger partial charge in [0.2, 0.25) is 11.9 Å². The van der Waals surface area contributed by atoms with E-state index in [1.54, 1.807) is 6.92 Å². The van der Waals surface area contributed by atoms with Gasteiger partial charge in [-0.25, -0.2) is 24.7 Å². The lowest BCUT2D eigenvalue weighted by molar-refractivity contribution is -0.163. The number of nitrogens with zero attached hydrogens (tertiary/aromatic N) is 6. The minimum atomic E-state index is -4.45. The summed E-state index contributed by atoms with van der Waals surface area (Å²) >= 11 is 0. The van der Waals surface area contributed by atoms with Crippen LogP contribution in [0.25, 0.3) is 0 Å². The summed E-state index contributed by atoms with van der Waals surface area (Å²) in [6.07, 6.45) is -4.08. The van der Waals surface area contributed by atoms with Crippen LogP contribution in [-0.2, 0) is 26.6 Å². The van der Waals surface area contributed by atoms with Gasteiger partial charge in [-0.15, -0.1) is 0 Å². The smallest absolute Gasteiger partial charge is 0.419 e. The molecule has 0 spiro atoms. The zero-order valence-electron chi connectivity index (χ0n) is 27.4. The summed E-state index contributed by atoms with van der Waals surface area (Å²) in [6.45, 7) is 6.07. The molecule has 1 N–H and O–H groups in total. The molecule has 0 aliphatic carbocycles. The normalized spacial score (nSPS) is 18.2. The van der Waals surface area contributed by atoms with E-state index in [1.807, 2.05) is 47.1 Å². The molecule has 16 heteroatoms. The van der Waals surface area contributed by atoms with Crippen molar-refractivity contribution in [2.75, 3.05) is 43.1 Å². The number of hydrogen-bond acceptors (Lipinski definition) is 10. The molecule has 2 aliphatic rings. The fourth-order valence-corrected chi connectivity index (χ4v) is 5.75. The van der Waals surface area contributed by atoms with Crippen LogP contribution in [0, 0.1) is 11.8 Å². The van der Waals surface area contributed by atoms with Crippen LogP contribution in [0.15, 0.2) is 55.1 Å². The van der Waals surface area contributed by atoms with Gasteiger partial charge in [-0.3, -0.25) is 0 Å². The Morgan fingerprint density at radius 3 is 1.53 bits per heavy atom. The Balaban J connectivity index is 0.000000244. The Morgan fingerprint density at radius 2 is 1.16 bits per heavy atom. The van der Waals surface area contributed by atoms with Crippen LogP contribution in [0.5, 0.6) is 0 Å². The summed E-state index contributed by atoms with van der Waals surface area (Å²) in [6, 6.07) is 9.14. The summed E-state index contributed by atoms with van der Waals surface area (Å²) in [4.78, 5) is 31.5. The molecule has 0 amide bonds. The summed E-state index contributed by atoms with van der Waals surface area (Å²) in [5, 5.41) is 9.49. The number of carbonyl (C=O) groups excluding carboxylic acids is 1. The van der Waals surface area contributed by atoms with Gasteiger partial charge in [0.1, 0.15) is 6.10 Å². The van der Waals surface area contributed by atoms with Gasteiger partial charge in [0, 0.05) is 58.1 Å². The molecule has 4 heterocycles. The predicted octanol–water partition coefficient (Wildman–Crippen LogP) is 6.12. The number of methoxy groups -OCH3 is 1. The van der Waals surface area contributed by atoms with Crippen molar-refractivity contribution < 1.29 is 45.7 Å². The fourth-order valence-electron chi connectivity index (χ4n) is 5.75. The largest absolute Gasteiger partial charge is 0.460 e. The second-order valence-corrected chi connectivity index (χ2v) is 12.1. The minimum Gasteiger partial charge on any atom is -0.460 e. The van der Waals surface area contributed by atoms with Crippen LogP contribution in [0.2, 0.25) is 0 Å². The molecule has 2 aliphatic heterocycles. The van der Waals surface area contributed by atoms with Crippen molar-refractivity contribution in [1.29, 1.82) is 0 Å². The average Bonchev–Trinajstić information content (AvgIpc) is 3.09. The Bertz CT molecular complexity index is 1450. The maximum absolute atomic E-state index is 12.7. The molecule has 1 aromatic carbocycles. The number of aliphatic hydroxyl groups excluding tert-OH is 1. The van der Waals surface area contributed by atoms with Gasteiger partial charge in [0.15, 0.2) is 6.10 Å². The maximum Gasteiger partial charge on any atom is 0.419 e. The third-order valence-corrected chi connectivity index (χ3v) is 8.78. The van der Waals surface area contributed by atoms with Gasteiger partial charge >= 0.3 is 18.3 Å².